The van der Waals surface area contributed by atoms with Gasteiger partial charge >= 0.3 is 0 Å². The number of pyridine rings is 1. The van der Waals surface area contributed by atoms with Gasteiger partial charge < -0.3 is 9.67 Å². The van der Waals surface area contributed by atoms with Gasteiger partial charge in [0.05, 0.1) is 0 Å². The van der Waals surface area contributed by atoms with E-state index >= 15 is 0 Å². The topological polar surface area (TPSA) is 84.1 Å². The Hall–Kier alpha value is -3.06. The molecule has 0 aliphatic carbocycles. The van der Waals surface area contributed by atoms with Crippen LogP contribution in [-0.2, 0) is 0 Å². The first-order valence-electron chi connectivity index (χ1n) is 8.46. The van der Waals surface area contributed by atoms with Gasteiger partial charge in [-0.3, -0.25) is 9.69 Å². The summed E-state index contributed by atoms with van der Waals surface area (Å²) in [7, 11) is 0. The normalized spacial score (nSPS) is 16.4. The largest absolute Gasteiger partial charge is 0.369 e. The SMILES string of the molecule is Cc1ccc2c(c1)C(O)N(c1cccc(-c3nncn3C(C)C)n1)C2=O. The van der Waals surface area contributed by atoms with Gasteiger partial charge in [-0.05, 0) is 39.0 Å². The predicted molar refractivity (Wildman–Crippen MR) is 96.6 cm³/mol. The molecule has 4 rings (SSSR count). The van der Waals surface area contributed by atoms with Crippen molar-refractivity contribution in [2.75, 3.05) is 4.90 Å². The third-order valence-electron chi connectivity index (χ3n) is 4.52. The van der Waals surface area contributed by atoms with Gasteiger partial charge in [0.25, 0.3) is 5.91 Å². The number of carbonyl (C=O) groups excluding carboxylic acids is 1. The fraction of sp³-hybridized carbons (Fsp3) is 0.263. The number of aliphatic hydroxyl groups is 1. The van der Waals surface area contributed by atoms with E-state index in [1.807, 2.05) is 43.5 Å². The zero-order valence-electron chi connectivity index (χ0n) is 14.8. The molecule has 1 aliphatic rings. The lowest BCUT2D eigenvalue weighted by atomic mass is 10.1. The molecule has 0 saturated heterocycles. The summed E-state index contributed by atoms with van der Waals surface area (Å²) < 4.78 is 1.91. The molecule has 0 radical (unpaired) electrons. The molecule has 1 aliphatic heterocycles. The zero-order valence-corrected chi connectivity index (χ0v) is 14.8. The number of nitrogens with zero attached hydrogens (tertiary/aromatic N) is 5. The van der Waals surface area contributed by atoms with Gasteiger partial charge in [0.15, 0.2) is 12.1 Å². The number of hydrogen-bond donors (Lipinski definition) is 1. The van der Waals surface area contributed by atoms with Crippen LogP contribution in [0.4, 0.5) is 5.82 Å². The summed E-state index contributed by atoms with van der Waals surface area (Å²) in [6.07, 6.45) is 0.603. The number of aryl methyl sites for hydroxylation is 1. The first kappa shape index (κ1) is 16.4. The van der Waals surface area contributed by atoms with E-state index in [0.29, 0.717) is 28.5 Å². The fourth-order valence-electron chi connectivity index (χ4n) is 3.19. The van der Waals surface area contributed by atoms with Gasteiger partial charge in [0.1, 0.15) is 17.8 Å². The molecule has 132 valence electrons. The van der Waals surface area contributed by atoms with Crippen molar-refractivity contribution < 1.29 is 9.90 Å². The molecule has 0 bridgehead atoms. The first-order chi connectivity index (χ1) is 12.5. The van der Waals surface area contributed by atoms with Crippen molar-refractivity contribution in [1.82, 2.24) is 19.7 Å². The lowest BCUT2D eigenvalue weighted by molar-refractivity contribution is 0.0933. The summed E-state index contributed by atoms with van der Waals surface area (Å²) in [6.45, 7) is 5.99. The van der Waals surface area contributed by atoms with Crippen LogP contribution >= 0.6 is 0 Å². The van der Waals surface area contributed by atoms with Crippen LogP contribution in [0.5, 0.6) is 0 Å². The highest BCUT2D eigenvalue weighted by Gasteiger charge is 2.37. The standard InChI is InChI=1S/C19H19N5O2/c1-11(2)23-10-20-22-17(23)15-5-4-6-16(21-15)24-18(25)13-8-7-12(3)9-14(13)19(24)26/h4-11,19,26H,1-3H3. The number of amides is 1. The lowest BCUT2D eigenvalue weighted by Gasteiger charge is -2.20. The van der Waals surface area contributed by atoms with Gasteiger partial charge in [-0.2, -0.15) is 0 Å². The smallest absolute Gasteiger partial charge is 0.262 e. The summed E-state index contributed by atoms with van der Waals surface area (Å²) >= 11 is 0. The van der Waals surface area contributed by atoms with E-state index in [1.54, 1.807) is 24.5 Å². The van der Waals surface area contributed by atoms with Crippen LogP contribution in [0, 0.1) is 6.92 Å². The average molecular weight is 349 g/mol. The number of carbonyl (C=O) groups is 1. The second kappa shape index (κ2) is 6.03. The molecule has 1 amide bonds. The Labute approximate surface area is 150 Å². The minimum absolute atomic E-state index is 0.177. The Morgan fingerprint density at radius 3 is 2.77 bits per heavy atom. The maximum atomic E-state index is 12.8. The fourth-order valence-corrected chi connectivity index (χ4v) is 3.19. The van der Waals surface area contributed by atoms with Gasteiger partial charge in [0, 0.05) is 17.2 Å². The van der Waals surface area contributed by atoms with Crippen molar-refractivity contribution >= 4 is 11.7 Å². The quantitative estimate of drug-likeness (QED) is 0.786. The van der Waals surface area contributed by atoms with Crippen LogP contribution in [0.1, 0.15) is 47.6 Å². The number of hydrogen-bond acceptors (Lipinski definition) is 5. The molecule has 1 aromatic carbocycles. The Morgan fingerprint density at radius 1 is 1.19 bits per heavy atom. The van der Waals surface area contributed by atoms with Gasteiger partial charge in [0.2, 0.25) is 0 Å². The summed E-state index contributed by atoms with van der Waals surface area (Å²) in [6, 6.07) is 10.9. The Balaban J connectivity index is 1.76. The van der Waals surface area contributed by atoms with Crippen molar-refractivity contribution in [2.45, 2.75) is 33.0 Å². The van der Waals surface area contributed by atoms with E-state index in [-0.39, 0.29) is 11.9 Å². The third-order valence-corrected chi connectivity index (χ3v) is 4.52. The van der Waals surface area contributed by atoms with E-state index in [9.17, 15) is 9.90 Å². The maximum absolute atomic E-state index is 12.8. The molecule has 7 heteroatoms. The first-order valence-corrected chi connectivity index (χ1v) is 8.46. The molecule has 3 heterocycles. The van der Waals surface area contributed by atoms with Crippen LogP contribution in [0.2, 0.25) is 0 Å². The number of anilines is 1. The van der Waals surface area contributed by atoms with Crippen molar-refractivity contribution in [3.63, 3.8) is 0 Å². The Kier molecular flexibility index (Phi) is 3.81. The number of fused-ring (bicyclic) bond motifs is 1. The van der Waals surface area contributed by atoms with Crippen LogP contribution in [0.25, 0.3) is 11.5 Å². The second-order valence-electron chi connectivity index (χ2n) is 6.68. The number of aromatic nitrogens is 4. The van der Waals surface area contributed by atoms with Gasteiger partial charge in [-0.15, -0.1) is 10.2 Å². The molecule has 1 N–H and O–H groups in total. The molecule has 0 fully saturated rings. The van der Waals surface area contributed by atoms with E-state index in [2.05, 4.69) is 15.2 Å². The number of aliphatic hydroxyl groups excluding tert-OH is 1. The summed E-state index contributed by atoms with van der Waals surface area (Å²) in [4.78, 5) is 18.7. The number of rotatable bonds is 3. The van der Waals surface area contributed by atoms with E-state index in [4.69, 9.17) is 0 Å². The molecular weight excluding hydrogens is 330 g/mol. The van der Waals surface area contributed by atoms with Crippen LogP contribution in [0.3, 0.4) is 0 Å². The highest BCUT2D eigenvalue weighted by molar-refractivity contribution is 6.10. The van der Waals surface area contributed by atoms with Gasteiger partial charge in [-0.1, -0.05) is 23.8 Å². The van der Waals surface area contributed by atoms with Crippen molar-refractivity contribution in [2.24, 2.45) is 0 Å². The maximum Gasteiger partial charge on any atom is 0.262 e. The molecule has 1 atom stereocenters. The molecule has 26 heavy (non-hydrogen) atoms. The van der Waals surface area contributed by atoms with Crippen molar-refractivity contribution in [1.29, 1.82) is 0 Å². The highest BCUT2D eigenvalue weighted by Crippen LogP contribution is 2.36. The molecular formula is C19H19N5O2. The summed E-state index contributed by atoms with van der Waals surface area (Å²) in [5, 5.41) is 18.8. The molecule has 7 nitrogen and oxygen atoms in total. The third kappa shape index (κ3) is 2.48. The molecule has 1 unspecified atom stereocenters. The monoisotopic (exact) mass is 349 g/mol. The summed E-state index contributed by atoms with van der Waals surface area (Å²) in [5.41, 5.74) is 2.69. The van der Waals surface area contributed by atoms with E-state index in [0.717, 1.165) is 5.56 Å². The molecule has 3 aromatic rings. The van der Waals surface area contributed by atoms with Crippen molar-refractivity contribution in [3.8, 4) is 11.5 Å². The predicted octanol–water partition coefficient (Wildman–Crippen LogP) is 2.88. The Bertz CT molecular complexity index is 995. The van der Waals surface area contributed by atoms with Crippen molar-refractivity contribution in [3.05, 3.63) is 59.4 Å². The van der Waals surface area contributed by atoms with E-state index in [1.165, 1.54) is 4.90 Å². The minimum Gasteiger partial charge on any atom is -0.369 e. The van der Waals surface area contributed by atoms with E-state index < -0.39 is 6.23 Å². The number of benzene rings is 1. The van der Waals surface area contributed by atoms with Crippen LogP contribution < -0.4 is 4.90 Å². The highest BCUT2D eigenvalue weighted by atomic mass is 16.3. The summed E-state index contributed by atoms with van der Waals surface area (Å²) in [5.74, 6) is 0.742. The molecule has 0 spiro atoms. The van der Waals surface area contributed by atoms with Crippen LogP contribution in [0.15, 0.2) is 42.7 Å². The van der Waals surface area contributed by atoms with Crippen LogP contribution in [-0.4, -0.2) is 30.8 Å². The Morgan fingerprint density at radius 2 is 2.00 bits per heavy atom. The second-order valence-corrected chi connectivity index (χ2v) is 6.68. The molecule has 2 aromatic heterocycles. The lowest BCUT2D eigenvalue weighted by Crippen LogP contribution is -2.28. The molecule has 0 saturated carbocycles. The van der Waals surface area contributed by atoms with Gasteiger partial charge in [-0.25, -0.2) is 4.98 Å². The zero-order chi connectivity index (χ0) is 18.4. The average Bonchev–Trinajstić information content (AvgIpc) is 3.20. The minimum atomic E-state index is -1.05.